The third-order valence-electron chi connectivity index (χ3n) is 4.80. The molecule has 1 heterocycles. The van der Waals surface area contributed by atoms with Gasteiger partial charge in [-0.05, 0) is 24.1 Å². The van der Waals surface area contributed by atoms with Gasteiger partial charge >= 0.3 is 0 Å². The number of halogens is 1. The maximum absolute atomic E-state index is 12.3. The Labute approximate surface area is 179 Å². The molecule has 0 spiro atoms. The number of aliphatic imine (C=N–C) groups is 1. The van der Waals surface area contributed by atoms with Crippen LogP contribution in [0.3, 0.4) is 0 Å². The van der Waals surface area contributed by atoms with Crippen LogP contribution in [0.5, 0.6) is 0 Å². The minimum atomic E-state index is -3.59. The molecule has 0 bridgehead atoms. The number of hydrogen-bond acceptors (Lipinski definition) is 5. The number of nitrogens with one attached hydrogen (secondary N) is 3. The SMILES string of the molecule is CN=C(NCCNS(=O)(=O)c1cccc(Cl)c1)NCC(C(C)C)N1CCOCC1. The highest BCUT2D eigenvalue weighted by atomic mass is 35.5. The molecule has 0 saturated carbocycles. The van der Waals surface area contributed by atoms with Gasteiger partial charge in [0.1, 0.15) is 0 Å². The largest absolute Gasteiger partial charge is 0.379 e. The number of hydrogen-bond donors (Lipinski definition) is 3. The van der Waals surface area contributed by atoms with Crippen molar-refractivity contribution >= 4 is 27.6 Å². The number of guanidine groups is 1. The summed E-state index contributed by atoms with van der Waals surface area (Å²) in [6.07, 6.45) is 0. The Kier molecular flexibility index (Phi) is 9.64. The molecular weight excluding hydrogens is 414 g/mol. The van der Waals surface area contributed by atoms with Gasteiger partial charge in [0, 0.05) is 50.8 Å². The zero-order chi connectivity index (χ0) is 21.3. The zero-order valence-electron chi connectivity index (χ0n) is 17.3. The lowest BCUT2D eigenvalue weighted by Gasteiger charge is -2.37. The maximum Gasteiger partial charge on any atom is 0.240 e. The van der Waals surface area contributed by atoms with Crippen LogP contribution in [0.25, 0.3) is 0 Å². The molecule has 1 aromatic rings. The molecule has 1 atom stereocenters. The molecule has 1 aliphatic heterocycles. The van der Waals surface area contributed by atoms with E-state index < -0.39 is 10.0 Å². The van der Waals surface area contributed by atoms with Crippen molar-refractivity contribution in [2.24, 2.45) is 10.9 Å². The summed E-state index contributed by atoms with van der Waals surface area (Å²) < 4.78 is 32.6. The van der Waals surface area contributed by atoms with E-state index in [2.05, 4.69) is 39.1 Å². The summed E-state index contributed by atoms with van der Waals surface area (Å²) >= 11 is 5.87. The molecule has 10 heteroatoms. The molecule has 3 N–H and O–H groups in total. The van der Waals surface area contributed by atoms with Crippen LogP contribution in [-0.4, -0.2) is 78.3 Å². The molecule has 29 heavy (non-hydrogen) atoms. The number of benzene rings is 1. The molecule has 1 saturated heterocycles. The summed E-state index contributed by atoms with van der Waals surface area (Å²) in [5, 5.41) is 6.88. The van der Waals surface area contributed by atoms with Crippen LogP contribution in [0.4, 0.5) is 0 Å². The van der Waals surface area contributed by atoms with Gasteiger partial charge in [0.2, 0.25) is 10.0 Å². The quantitative estimate of drug-likeness (QED) is 0.300. The van der Waals surface area contributed by atoms with Crippen LogP contribution >= 0.6 is 11.6 Å². The first-order valence-electron chi connectivity index (χ1n) is 9.85. The molecule has 1 fully saturated rings. The summed E-state index contributed by atoms with van der Waals surface area (Å²) in [7, 11) is -1.89. The second-order valence-electron chi connectivity index (χ2n) is 7.19. The van der Waals surface area contributed by atoms with Gasteiger partial charge in [0.15, 0.2) is 5.96 Å². The third kappa shape index (κ3) is 7.75. The van der Waals surface area contributed by atoms with Crippen LogP contribution in [0.1, 0.15) is 13.8 Å². The predicted molar refractivity (Wildman–Crippen MR) is 117 cm³/mol. The van der Waals surface area contributed by atoms with Gasteiger partial charge in [-0.15, -0.1) is 0 Å². The van der Waals surface area contributed by atoms with Crippen molar-refractivity contribution in [3.05, 3.63) is 29.3 Å². The monoisotopic (exact) mass is 445 g/mol. The molecule has 1 aromatic carbocycles. The van der Waals surface area contributed by atoms with E-state index in [1.54, 1.807) is 19.2 Å². The Hall–Kier alpha value is -1.39. The van der Waals surface area contributed by atoms with E-state index in [1.165, 1.54) is 12.1 Å². The highest BCUT2D eigenvalue weighted by Crippen LogP contribution is 2.15. The minimum absolute atomic E-state index is 0.151. The van der Waals surface area contributed by atoms with Crippen LogP contribution in [0, 0.1) is 5.92 Å². The molecular formula is C19H32ClN5O3S. The van der Waals surface area contributed by atoms with Gasteiger partial charge in [-0.3, -0.25) is 9.89 Å². The fourth-order valence-corrected chi connectivity index (χ4v) is 4.53. The highest BCUT2D eigenvalue weighted by Gasteiger charge is 2.23. The Morgan fingerprint density at radius 1 is 1.24 bits per heavy atom. The lowest BCUT2D eigenvalue weighted by atomic mass is 10.0. The number of ether oxygens (including phenoxy) is 1. The molecule has 0 amide bonds. The number of sulfonamides is 1. The lowest BCUT2D eigenvalue weighted by Crippen LogP contribution is -2.53. The van der Waals surface area contributed by atoms with E-state index in [0.717, 1.165) is 32.8 Å². The molecule has 0 radical (unpaired) electrons. The van der Waals surface area contributed by atoms with Gasteiger partial charge in [-0.2, -0.15) is 0 Å². The van der Waals surface area contributed by atoms with Gasteiger partial charge in [-0.1, -0.05) is 31.5 Å². The smallest absolute Gasteiger partial charge is 0.240 e. The average molecular weight is 446 g/mol. The Morgan fingerprint density at radius 2 is 1.97 bits per heavy atom. The summed E-state index contributed by atoms with van der Waals surface area (Å²) in [6.45, 7) is 9.21. The topological polar surface area (TPSA) is 95.1 Å². The zero-order valence-corrected chi connectivity index (χ0v) is 18.9. The molecule has 0 aromatic heterocycles. The second kappa shape index (κ2) is 11.7. The molecule has 8 nitrogen and oxygen atoms in total. The number of nitrogens with zero attached hydrogens (tertiary/aromatic N) is 2. The van der Waals surface area contributed by atoms with Crippen LogP contribution < -0.4 is 15.4 Å². The van der Waals surface area contributed by atoms with Crippen molar-refractivity contribution < 1.29 is 13.2 Å². The van der Waals surface area contributed by atoms with Gasteiger partial charge in [0.25, 0.3) is 0 Å². The summed E-state index contributed by atoms with van der Waals surface area (Å²) in [6, 6.07) is 6.56. The van der Waals surface area contributed by atoms with E-state index in [1.807, 2.05) is 0 Å². The maximum atomic E-state index is 12.3. The molecule has 1 aliphatic rings. The Morgan fingerprint density at radius 3 is 2.59 bits per heavy atom. The lowest BCUT2D eigenvalue weighted by molar-refractivity contribution is 0.00752. The molecule has 164 valence electrons. The summed E-state index contributed by atoms with van der Waals surface area (Å²) in [5.41, 5.74) is 0. The van der Waals surface area contributed by atoms with E-state index >= 15 is 0 Å². The molecule has 2 rings (SSSR count). The predicted octanol–water partition coefficient (Wildman–Crippen LogP) is 1.14. The van der Waals surface area contributed by atoms with Gasteiger partial charge in [0.05, 0.1) is 18.1 Å². The first kappa shape index (κ1) is 23.9. The number of rotatable bonds is 9. The van der Waals surface area contributed by atoms with Crippen LogP contribution in [-0.2, 0) is 14.8 Å². The van der Waals surface area contributed by atoms with Crippen molar-refractivity contribution in [3.8, 4) is 0 Å². The molecule has 0 aliphatic carbocycles. The summed E-state index contributed by atoms with van der Waals surface area (Å²) in [4.78, 5) is 6.81. The average Bonchev–Trinajstić information content (AvgIpc) is 2.70. The van der Waals surface area contributed by atoms with Crippen molar-refractivity contribution in [3.63, 3.8) is 0 Å². The Bertz CT molecular complexity index is 767. The van der Waals surface area contributed by atoms with E-state index in [9.17, 15) is 8.42 Å². The van der Waals surface area contributed by atoms with Gasteiger partial charge in [-0.25, -0.2) is 13.1 Å². The van der Waals surface area contributed by atoms with Gasteiger partial charge < -0.3 is 15.4 Å². The van der Waals surface area contributed by atoms with E-state index in [4.69, 9.17) is 16.3 Å². The van der Waals surface area contributed by atoms with Crippen LogP contribution in [0.15, 0.2) is 34.2 Å². The normalized spacial score (nSPS) is 17.3. The first-order valence-corrected chi connectivity index (χ1v) is 11.7. The standard InChI is InChI=1S/C19H32ClN5O3S/c1-15(2)18(25-9-11-28-12-10-25)14-23-19(21-3)22-7-8-24-29(26,27)17-6-4-5-16(20)13-17/h4-6,13,15,18,24H,7-12,14H2,1-3H3,(H2,21,22,23). The van der Waals surface area contributed by atoms with E-state index in [0.29, 0.717) is 29.5 Å². The minimum Gasteiger partial charge on any atom is -0.379 e. The Balaban J connectivity index is 1.78. The molecule has 1 unspecified atom stereocenters. The fraction of sp³-hybridized carbons (Fsp3) is 0.632. The van der Waals surface area contributed by atoms with Crippen molar-refractivity contribution in [1.82, 2.24) is 20.3 Å². The van der Waals surface area contributed by atoms with Crippen molar-refractivity contribution in [1.29, 1.82) is 0 Å². The number of morpholine rings is 1. The first-order chi connectivity index (χ1) is 13.8. The highest BCUT2D eigenvalue weighted by molar-refractivity contribution is 7.89. The fourth-order valence-electron chi connectivity index (χ4n) is 3.20. The summed E-state index contributed by atoms with van der Waals surface area (Å²) in [5.74, 6) is 1.13. The van der Waals surface area contributed by atoms with Crippen molar-refractivity contribution in [2.45, 2.75) is 24.8 Å². The van der Waals surface area contributed by atoms with E-state index in [-0.39, 0.29) is 11.4 Å². The van der Waals surface area contributed by atoms with Crippen LogP contribution in [0.2, 0.25) is 5.02 Å². The third-order valence-corrected chi connectivity index (χ3v) is 6.50. The van der Waals surface area contributed by atoms with Crippen molar-refractivity contribution in [2.75, 3.05) is 53.0 Å². The second-order valence-corrected chi connectivity index (χ2v) is 9.40.